The van der Waals surface area contributed by atoms with Crippen LogP contribution in [-0.4, -0.2) is 67.5 Å². The molecule has 0 aliphatic carbocycles. The van der Waals surface area contributed by atoms with Crippen molar-refractivity contribution in [1.29, 1.82) is 0 Å². The van der Waals surface area contributed by atoms with Gasteiger partial charge < -0.3 is 15.5 Å². The molecule has 246 valence electrons. The Balaban J connectivity index is 1.25. The SMILES string of the molecule is Cc1cc(F)c(C(=O)Nc2cc(CN3CCN(C)C(=O)C3)cc(C(F)(F)F)c2)cc1C#Cc1cnc2c(Nc3cnn(C)c3)cccn12. The zero-order valence-corrected chi connectivity index (χ0v) is 26.2. The van der Waals surface area contributed by atoms with Gasteiger partial charge in [0.15, 0.2) is 5.65 Å². The van der Waals surface area contributed by atoms with Crippen LogP contribution in [-0.2, 0) is 24.6 Å². The number of anilines is 3. The van der Waals surface area contributed by atoms with Crippen molar-refractivity contribution in [1.82, 2.24) is 29.0 Å². The molecule has 4 heterocycles. The summed E-state index contributed by atoms with van der Waals surface area (Å²) >= 11 is 0. The molecule has 5 aromatic rings. The molecule has 0 atom stereocenters. The Morgan fingerprint density at radius 3 is 2.58 bits per heavy atom. The molecule has 0 unspecified atom stereocenters. The molecule has 0 bridgehead atoms. The number of benzene rings is 2. The Kier molecular flexibility index (Phi) is 8.63. The van der Waals surface area contributed by atoms with Gasteiger partial charge >= 0.3 is 6.18 Å². The van der Waals surface area contributed by atoms with Gasteiger partial charge in [0.25, 0.3) is 5.91 Å². The topological polar surface area (TPSA) is 99.8 Å². The number of nitrogens with zero attached hydrogens (tertiary/aromatic N) is 6. The summed E-state index contributed by atoms with van der Waals surface area (Å²) in [5.41, 5.74) is 2.21. The Labute approximate surface area is 273 Å². The number of fused-ring (bicyclic) bond motifs is 1. The van der Waals surface area contributed by atoms with Gasteiger partial charge in [-0.15, -0.1) is 0 Å². The van der Waals surface area contributed by atoms with Gasteiger partial charge in [0.1, 0.15) is 11.5 Å². The van der Waals surface area contributed by atoms with E-state index in [0.717, 1.165) is 29.6 Å². The van der Waals surface area contributed by atoms with Crippen LogP contribution >= 0.6 is 0 Å². The van der Waals surface area contributed by atoms with E-state index in [-0.39, 0.29) is 35.8 Å². The van der Waals surface area contributed by atoms with E-state index in [1.54, 1.807) is 51.4 Å². The first kappa shape index (κ1) is 32.3. The lowest BCUT2D eigenvalue weighted by Gasteiger charge is -2.32. The zero-order valence-electron chi connectivity index (χ0n) is 26.2. The second-order valence-corrected chi connectivity index (χ2v) is 11.6. The quantitative estimate of drug-likeness (QED) is 0.192. The number of carbonyl (C=O) groups is 2. The number of imidazole rings is 1. The van der Waals surface area contributed by atoms with E-state index in [4.69, 9.17) is 0 Å². The summed E-state index contributed by atoms with van der Waals surface area (Å²) in [6, 6.07) is 9.30. The molecule has 6 rings (SSSR count). The summed E-state index contributed by atoms with van der Waals surface area (Å²) in [5, 5.41) is 9.85. The average Bonchev–Trinajstić information content (AvgIpc) is 3.64. The van der Waals surface area contributed by atoms with E-state index in [1.165, 1.54) is 12.1 Å². The summed E-state index contributed by atoms with van der Waals surface area (Å²) in [4.78, 5) is 33.2. The van der Waals surface area contributed by atoms with Gasteiger partial charge in [-0.05, 0) is 66.4 Å². The monoisotopic (exact) mass is 658 g/mol. The minimum atomic E-state index is -4.70. The van der Waals surface area contributed by atoms with Crippen LogP contribution in [0.1, 0.15) is 38.3 Å². The average molecular weight is 659 g/mol. The van der Waals surface area contributed by atoms with Gasteiger partial charge in [0.2, 0.25) is 5.91 Å². The van der Waals surface area contributed by atoms with Gasteiger partial charge in [-0.25, -0.2) is 9.37 Å². The molecule has 0 radical (unpaired) electrons. The van der Waals surface area contributed by atoms with Crippen LogP contribution in [0.15, 0.2) is 67.3 Å². The van der Waals surface area contributed by atoms with E-state index in [0.29, 0.717) is 35.6 Å². The highest BCUT2D eigenvalue weighted by Crippen LogP contribution is 2.33. The minimum Gasteiger partial charge on any atom is -0.350 e. The fourth-order valence-electron chi connectivity index (χ4n) is 5.37. The van der Waals surface area contributed by atoms with Crippen molar-refractivity contribution in [2.75, 3.05) is 37.3 Å². The van der Waals surface area contributed by atoms with Crippen LogP contribution in [0.3, 0.4) is 0 Å². The Morgan fingerprint density at radius 2 is 1.85 bits per heavy atom. The van der Waals surface area contributed by atoms with Crippen molar-refractivity contribution in [3.63, 3.8) is 0 Å². The molecule has 2 aromatic carbocycles. The second-order valence-electron chi connectivity index (χ2n) is 11.6. The van der Waals surface area contributed by atoms with E-state index >= 15 is 4.39 Å². The van der Waals surface area contributed by atoms with Crippen molar-refractivity contribution in [3.05, 3.63) is 107 Å². The van der Waals surface area contributed by atoms with Gasteiger partial charge in [-0.3, -0.25) is 23.6 Å². The molecule has 0 saturated carbocycles. The molecule has 10 nitrogen and oxygen atoms in total. The van der Waals surface area contributed by atoms with Crippen LogP contribution in [0.4, 0.5) is 34.6 Å². The highest BCUT2D eigenvalue weighted by molar-refractivity contribution is 6.05. The molecule has 0 spiro atoms. The highest BCUT2D eigenvalue weighted by Gasteiger charge is 2.32. The predicted molar refractivity (Wildman–Crippen MR) is 171 cm³/mol. The van der Waals surface area contributed by atoms with E-state index < -0.39 is 23.5 Å². The number of halogens is 4. The standard InChI is InChI=1S/C34H30F4N8O2/c1-21-11-29(35)28(14-23(21)6-7-27-17-39-32-30(5-4-8-46(27)32)41-26-16-40-44(3)19-26)33(48)42-25-13-22(12-24(15-25)34(36,37)38)18-45-10-9-43(2)31(47)20-45/h4-5,8,11-17,19,41H,9-10,18,20H2,1-3H3,(H,42,48). The minimum absolute atomic E-state index is 0.0609. The van der Waals surface area contributed by atoms with E-state index in [1.807, 2.05) is 25.4 Å². The number of pyridine rings is 1. The summed E-state index contributed by atoms with van der Waals surface area (Å²) in [7, 11) is 3.47. The van der Waals surface area contributed by atoms with Crippen molar-refractivity contribution in [2.24, 2.45) is 7.05 Å². The van der Waals surface area contributed by atoms with Crippen LogP contribution in [0.25, 0.3) is 5.65 Å². The molecule has 1 saturated heterocycles. The normalized spacial score (nSPS) is 13.8. The predicted octanol–water partition coefficient (Wildman–Crippen LogP) is 5.20. The van der Waals surface area contributed by atoms with Crippen molar-refractivity contribution >= 4 is 34.5 Å². The molecular formula is C34H30F4N8O2. The summed E-state index contributed by atoms with van der Waals surface area (Å²) in [5.74, 6) is 4.09. The molecule has 14 heteroatoms. The van der Waals surface area contributed by atoms with Crippen LogP contribution in [0.2, 0.25) is 0 Å². The number of rotatable bonds is 6. The first-order valence-corrected chi connectivity index (χ1v) is 14.9. The Morgan fingerprint density at radius 1 is 1.04 bits per heavy atom. The van der Waals surface area contributed by atoms with Gasteiger partial charge in [-0.2, -0.15) is 18.3 Å². The summed E-state index contributed by atoms with van der Waals surface area (Å²) in [6.07, 6.45) is 2.19. The number of aryl methyl sites for hydroxylation is 2. The molecule has 3 aromatic heterocycles. The molecule has 2 amide bonds. The van der Waals surface area contributed by atoms with Gasteiger partial charge in [-0.1, -0.05) is 5.92 Å². The summed E-state index contributed by atoms with van der Waals surface area (Å²) < 4.78 is 60.0. The zero-order chi connectivity index (χ0) is 34.2. The third-order valence-electron chi connectivity index (χ3n) is 7.92. The highest BCUT2D eigenvalue weighted by atomic mass is 19.4. The largest absolute Gasteiger partial charge is 0.416 e. The number of likely N-dealkylation sites (N-methyl/N-ethyl adjacent to an activating group) is 1. The Bertz CT molecular complexity index is 2110. The van der Waals surface area contributed by atoms with Gasteiger partial charge in [0.05, 0.1) is 41.4 Å². The number of carbonyl (C=O) groups excluding carboxylic acids is 2. The molecule has 2 N–H and O–H groups in total. The van der Waals surface area contributed by atoms with Crippen LogP contribution in [0, 0.1) is 24.6 Å². The number of piperazine rings is 1. The summed E-state index contributed by atoms with van der Waals surface area (Å²) in [6.45, 7) is 2.69. The van der Waals surface area contributed by atoms with Crippen molar-refractivity contribution in [2.45, 2.75) is 19.6 Å². The lowest BCUT2D eigenvalue weighted by Crippen LogP contribution is -2.47. The molecular weight excluding hydrogens is 628 g/mol. The van der Waals surface area contributed by atoms with Crippen LogP contribution in [0.5, 0.6) is 0 Å². The van der Waals surface area contributed by atoms with Crippen LogP contribution < -0.4 is 10.6 Å². The van der Waals surface area contributed by atoms with Crippen molar-refractivity contribution < 1.29 is 27.2 Å². The van der Waals surface area contributed by atoms with E-state index in [2.05, 4.69) is 32.6 Å². The number of alkyl halides is 3. The third-order valence-corrected chi connectivity index (χ3v) is 7.92. The second kappa shape index (κ2) is 12.8. The maximum atomic E-state index is 15.1. The molecule has 1 fully saturated rings. The maximum absolute atomic E-state index is 15.1. The number of aromatic nitrogens is 4. The number of amides is 2. The maximum Gasteiger partial charge on any atom is 0.416 e. The van der Waals surface area contributed by atoms with Crippen molar-refractivity contribution in [3.8, 4) is 11.8 Å². The van der Waals surface area contributed by atoms with E-state index in [9.17, 15) is 22.8 Å². The third kappa shape index (κ3) is 7.01. The molecule has 1 aliphatic heterocycles. The fraction of sp³-hybridized carbons (Fsp3) is 0.235. The lowest BCUT2D eigenvalue weighted by atomic mass is 10.0. The number of nitrogens with one attached hydrogen (secondary N) is 2. The first-order valence-electron chi connectivity index (χ1n) is 14.9. The Hall–Kier alpha value is -5.68. The molecule has 48 heavy (non-hydrogen) atoms. The lowest BCUT2D eigenvalue weighted by molar-refractivity contribution is -0.138. The molecule has 1 aliphatic rings. The number of hydrogen-bond acceptors (Lipinski definition) is 6. The smallest absolute Gasteiger partial charge is 0.350 e. The van der Waals surface area contributed by atoms with Gasteiger partial charge in [0, 0.05) is 57.4 Å². The fourth-order valence-corrected chi connectivity index (χ4v) is 5.37. The first-order chi connectivity index (χ1) is 22.8. The number of hydrogen-bond donors (Lipinski definition) is 2.